The molecule has 0 spiro atoms. The number of amides is 1. The Balaban J connectivity index is 1.55. The average Bonchev–Trinajstić information content (AvgIpc) is 3.14. The summed E-state index contributed by atoms with van der Waals surface area (Å²) >= 11 is 13.8. The molecule has 0 aliphatic heterocycles. The van der Waals surface area contributed by atoms with E-state index in [1.54, 1.807) is 30.7 Å². The first-order valence-corrected chi connectivity index (χ1v) is 9.99. The van der Waals surface area contributed by atoms with Gasteiger partial charge in [-0.1, -0.05) is 41.4 Å². The van der Waals surface area contributed by atoms with Crippen molar-refractivity contribution >= 4 is 40.4 Å². The van der Waals surface area contributed by atoms with Crippen LogP contribution in [-0.4, -0.2) is 24.5 Å². The van der Waals surface area contributed by atoms with Crippen LogP contribution >= 0.6 is 34.5 Å². The Morgan fingerprint density at radius 2 is 1.85 bits per heavy atom. The maximum absolute atomic E-state index is 12.3. The number of nitrogens with zero attached hydrogens (tertiary/aromatic N) is 1. The van der Waals surface area contributed by atoms with Crippen LogP contribution in [0.15, 0.2) is 47.8 Å². The highest BCUT2D eigenvalue weighted by molar-refractivity contribution is 7.09. The van der Waals surface area contributed by atoms with Gasteiger partial charge in [-0.2, -0.15) is 0 Å². The van der Waals surface area contributed by atoms with Crippen LogP contribution in [-0.2, 0) is 12.8 Å². The number of methoxy groups -OCH3 is 1. The second kappa shape index (κ2) is 9.22. The van der Waals surface area contributed by atoms with Crippen LogP contribution in [0.3, 0.4) is 0 Å². The fourth-order valence-electron chi connectivity index (χ4n) is 2.55. The smallest absolute Gasteiger partial charge is 0.270 e. The lowest BCUT2D eigenvalue weighted by molar-refractivity contribution is 0.0949. The van der Waals surface area contributed by atoms with Crippen LogP contribution in [0.1, 0.15) is 26.6 Å². The number of carbonyl (C=O) groups excluding carboxylic acids is 1. The van der Waals surface area contributed by atoms with E-state index in [1.165, 1.54) is 11.3 Å². The van der Waals surface area contributed by atoms with Crippen molar-refractivity contribution in [2.75, 3.05) is 13.7 Å². The van der Waals surface area contributed by atoms with Gasteiger partial charge in [0.2, 0.25) is 0 Å². The predicted octanol–water partition coefficient (Wildman–Crippen LogP) is 5.02. The molecule has 0 aliphatic rings. The predicted molar refractivity (Wildman–Crippen MR) is 110 cm³/mol. The molecule has 1 heterocycles. The van der Waals surface area contributed by atoms with Gasteiger partial charge in [0.1, 0.15) is 11.4 Å². The van der Waals surface area contributed by atoms with Gasteiger partial charge < -0.3 is 10.1 Å². The summed E-state index contributed by atoms with van der Waals surface area (Å²) in [6, 6.07) is 13.2. The fraction of sp³-hybridized carbons (Fsp3) is 0.200. The van der Waals surface area contributed by atoms with Crippen molar-refractivity contribution in [2.24, 2.45) is 0 Å². The molecule has 0 radical (unpaired) electrons. The lowest BCUT2D eigenvalue weighted by atomic mass is 10.1. The van der Waals surface area contributed by atoms with Crippen molar-refractivity contribution in [2.45, 2.75) is 12.8 Å². The van der Waals surface area contributed by atoms with E-state index in [1.807, 2.05) is 24.3 Å². The van der Waals surface area contributed by atoms with Gasteiger partial charge in [-0.05, 0) is 41.8 Å². The normalized spacial score (nSPS) is 10.6. The summed E-state index contributed by atoms with van der Waals surface area (Å²) in [5, 5.41) is 6.65. The molecule has 27 heavy (non-hydrogen) atoms. The number of ether oxygens (including phenoxy) is 1. The van der Waals surface area contributed by atoms with Crippen molar-refractivity contribution in [1.29, 1.82) is 0 Å². The van der Waals surface area contributed by atoms with Crippen LogP contribution in [0, 0.1) is 0 Å². The Bertz CT molecular complexity index is 906. The first-order valence-electron chi connectivity index (χ1n) is 8.35. The molecular formula is C20H18Cl2N2O2S. The zero-order chi connectivity index (χ0) is 19.2. The SMILES string of the molecule is COc1ccc(CCNC(=O)c2csc(Cc3c(Cl)cccc3Cl)n2)cc1. The van der Waals surface area contributed by atoms with Gasteiger partial charge in [0.25, 0.3) is 5.91 Å². The fourth-order valence-corrected chi connectivity index (χ4v) is 3.87. The van der Waals surface area contributed by atoms with Crippen molar-refractivity contribution < 1.29 is 9.53 Å². The molecule has 3 aromatic rings. The molecule has 1 aromatic heterocycles. The number of aromatic nitrogens is 1. The summed E-state index contributed by atoms with van der Waals surface area (Å²) in [6.45, 7) is 0.536. The summed E-state index contributed by atoms with van der Waals surface area (Å²) in [5.41, 5.74) is 2.36. The monoisotopic (exact) mass is 420 g/mol. The summed E-state index contributed by atoms with van der Waals surface area (Å²) in [6.07, 6.45) is 1.24. The molecule has 0 saturated heterocycles. The van der Waals surface area contributed by atoms with Gasteiger partial charge in [0.05, 0.1) is 12.1 Å². The molecule has 0 aliphatic carbocycles. The number of rotatable bonds is 7. The van der Waals surface area contributed by atoms with Crippen molar-refractivity contribution in [3.63, 3.8) is 0 Å². The second-order valence-electron chi connectivity index (χ2n) is 5.86. The number of hydrogen-bond donors (Lipinski definition) is 1. The van der Waals surface area contributed by atoms with Gasteiger partial charge >= 0.3 is 0 Å². The number of halogens is 2. The maximum Gasteiger partial charge on any atom is 0.270 e. The molecule has 7 heteroatoms. The number of nitrogens with one attached hydrogen (secondary N) is 1. The molecule has 3 rings (SSSR count). The zero-order valence-electron chi connectivity index (χ0n) is 14.7. The first kappa shape index (κ1) is 19.7. The molecular weight excluding hydrogens is 403 g/mol. The largest absolute Gasteiger partial charge is 0.497 e. The van der Waals surface area contributed by atoms with E-state index in [4.69, 9.17) is 27.9 Å². The van der Waals surface area contributed by atoms with Crippen LogP contribution in [0.5, 0.6) is 5.75 Å². The lowest BCUT2D eigenvalue weighted by Crippen LogP contribution is -2.26. The van der Waals surface area contributed by atoms with E-state index >= 15 is 0 Å². The minimum Gasteiger partial charge on any atom is -0.497 e. The van der Waals surface area contributed by atoms with E-state index in [2.05, 4.69) is 10.3 Å². The lowest BCUT2D eigenvalue weighted by Gasteiger charge is -2.05. The molecule has 1 amide bonds. The van der Waals surface area contributed by atoms with Gasteiger partial charge in [0.15, 0.2) is 0 Å². The summed E-state index contributed by atoms with van der Waals surface area (Å²) in [4.78, 5) is 16.7. The summed E-state index contributed by atoms with van der Waals surface area (Å²) in [5.74, 6) is 0.632. The molecule has 0 bridgehead atoms. The highest BCUT2D eigenvalue weighted by Gasteiger charge is 2.13. The Kier molecular flexibility index (Phi) is 6.72. The van der Waals surface area contributed by atoms with Gasteiger partial charge in [-0.15, -0.1) is 11.3 Å². The number of carbonyl (C=O) groups is 1. The standard InChI is InChI=1S/C20H18Cl2N2O2S/c1-26-14-7-5-13(6-8-14)9-10-23-20(25)18-12-27-19(24-18)11-15-16(21)3-2-4-17(15)22/h2-8,12H,9-11H2,1H3,(H,23,25). The molecule has 0 saturated carbocycles. The highest BCUT2D eigenvalue weighted by atomic mass is 35.5. The Hall–Kier alpha value is -2.08. The molecule has 4 nitrogen and oxygen atoms in total. The van der Waals surface area contributed by atoms with Gasteiger partial charge in [-0.3, -0.25) is 4.79 Å². The average molecular weight is 421 g/mol. The van der Waals surface area contributed by atoms with Crippen molar-refractivity contribution in [1.82, 2.24) is 10.3 Å². The number of thiazole rings is 1. The van der Waals surface area contributed by atoms with Crippen LogP contribution in [0.2, 0.25) is 10.0 Å². The van der Waals surface area contributed by atoms with Gasteiger partial charge in [-0.25, -0.2) is 4.98 Å². The topological polar surface area (TPSA) is 51.2 Å². The van der Waals surface area contributed by atoms with E-state index in [9.17, 15) is 4.79 Å². The van der Waals surface area contributed by atoms with E-state index < -0.39 is 0 Å². The first-order chi connectivity index (χ1) is 13.1. The highest BCUT2D eigenvalue weighted by Crippen LogP contribution is 2.27. The number of hydrogen-bond acceptors (Lipinski definition) is 4. The Morgan fingerprint density at radius 3 is 2.52 bits per heavy atom. The molecule has 1 N–H and O–H groups in total. The summed E-state index contributed by atoms with van der Waals surface area (Å²) in [7, 11) is 1.64. The van der Waals surface area contributed by atoms with Crippen molar-refractivity contribution in [3.05, 3.63) is 79.7 Å². The molecule has 2 aromatic carbocycles. The van der Waals surface area contributed by atoms with Crippen molar-refractivity contribution in [3.8, 4) is 5.75 Å². The Morgan fingerprint density at radius 1 is 1.15 bits per heavy atom. The third-order valence-electron chi connectivity index (χ3n) is 4.03. The number of benzene rings is 2. The minimum atomic E-state index is -0.184. The zero-order valence-corrected chi connectivity index (χ0v) is 17.0. The minimum absolute atomic E-state index is 0.184. The van der Waals surface area contributed by atoms with E-state index in [0.717, 1.165) is 28.3 Å². The Labute approximate surface area is 172 Å². The van der Waals surface area contributed by atoms with Crippen LogP contribution in [0.25, 0.3) is 0 Å². The quantitative estimate of drug-likeness (QED) is 0.583. The maximum atomic E-state index is 12.3. The molecule has 0 fully saturated rings. The third kappa shape index (κ3) is 5.22. The molecule has 0 atom stereocenters. The van der Waals surface area contributed by atoms with Gasteiger partial charge in [0, 0.05) is 28.4 Å². The van der Waals surface area contributed by atoms with E-state index in [-0.39, 0.29) is 5.91 Å². The summed E-state index contributed by atoms with van der Waals surface area (Å²) < 4.78 is 5.14. The second-order valence-corrected chi connectivity index (χ2v) is 7.61. The third-order valence-corrected chi connectivity index (χ3v) is 5.59. The van der Waals surface area contributed by atoms with Crippen LogP contribution < -0.4 is 10.1 Å². The molecule has 0 unspecified atom stereocenters. The van der Waals surface area contributed by atoms with E-state index in [0.29, 0.717) is 28.7 Å². The molecule has 140 valence electrons. The van der Waals surface area contributed by atoms with Crippen LogP contribution in [0.4, 0.5) is 0 Å².